The zero-order valence-electron chi connectivity index (χ0n) is 10.8. The fourth-order valence-corrected chi connectivity index (χ4v) is 1.90. The molecule has 1 rings (SSSR count). The number of methoxy groups -OCH3 is 1. The molecule has 0 aliphatic rings. The average Bonchev–Trinajstić information content (AvgIpc) is 2.29. The maximum atomic E-state index is 6.20. The van der Waals surface area contributed by atoms with Crippen LogP contribution in [-0.4, -0.2) is 19.8 Å². The van der Waals surface area contributed by atoms with Gasteiger partial charge in [-0.2, -0.15) is 0 Å². The van der Waals surface area contributed by atoms with Crippen molar-refractivity contribution >= 4 is 11.6 Å². The van der Waals surface area contributed by atoms with Crippen LogP contribution >= 0.6 is 11.6 Å². The molecule has 17 heavy (non-hydrogen) atoms. The Balaban J connectivity index is 3.17. The molecule has 1 atom stereocenters. The number of hydrogen-bond donors (Lipinski definition) is 1. The molecule has 3 nitrogen and oxygen atoms in total. The summed E-state index contributed by atoms with van der Waals surface area (Å²) in [5.74, 6) is 1.56. The molecule has 1 aromatic rings. The van der Waals surface area contributed by atoms with Crippen molar-refractivity contribution in [1.29, 1.82) is 0 Å². The highest BCUT2D eigenvalue weighted by atomic mass is 35.5. The van der Waals surface area contributed by atoms with Gasteiger partial charge in [-0.25, -0.2) is 0 Å². The minimum atomic E-state index is 0.0890. The van der Waals surface area contributed by atoms with Crippen LogP contribution in [-0.2, 0) is 0 Å². The van der Waals surface area contributed by atoms with Gasteiger partial charge in [-0.05, 0) is 37.9 Å². The first-order valence-electron chi connectivity index (χ1n) is 5.73. The third kappa shape index (κ3) is 3.51. The van der Waals surface area contributed by atoms with Gasteiger partial charge in [0.2, 0.25) is 0 Å². The molecule has 0 radical (unpaired) electrons. The maximum absolute atomic E-state index is 6.20. The highest BCUT2D eigenvalue weighted by Crippen LogP contribution is 2.36. The van der Waals surface area contributed by atoms with Gasteiger partial charge in [0.25, 0.3) is 0 Å². The van der Waals surface area contributed by atoms with Crippen molar-refractivity contribution in [2.45, 2.75) is 32.8 Å². The van der Waals surface area contributed by atoms with Crippen LogP contribution in [0.3, 0.4) is 0 Å². The molecule has 0 heterocycles. The topological polar surface area (TPSA) is 44.5 Å². The molecule has 0 aliphatic heterocycles. The number of ether oxygens (including phenoxy) is 2. The molecule has 0 aliphatic carbocycles. The van der Waals surface area contributed by atoms with Gasteiger partial charge < -0.3 is 15.2 Å². The molecule has 0 spiro atoms. The molecule has 0 fully saturated rings. The lowest BCUT2D eigenvalue weighted by Crippen LogP contribution is -2.11. The molecule has 1 unspecified atom stereocenters. The van der Waals surface area contributed by atoms with Crippen molar-refractivity contribution in [1.82, 2.24) is 0 Å². The monoisotopic (exact) mass is 257 g/mol. The average molecular weight is 258 g/mol. The normalized spacial score (nSPS) is 12.6. The number of benzene rings is 1. The van der Waals surface area contributed by atoms with Gasteiger partial charge >= 0.3 is 0 Å². The Morgan fingerprint density at radius 2 is 1.88 bits per heavy atom. The van der Waals surface area contributed by atoms with Crippen LogP contribution in [0.2, 0.25) is 5.02 Å². The SMILES string of the molecule is COc1cc(Cl)c(C(C)CN)cc1OC(C)C. The summed E-state index contributed by atoms with van der Waals surface area (Å²) in [5.41, 5.74) is 6.66. The van der Waals surface area contributed by atoms with E-state index in [9.17, 15) is 0 Å². The van der Waals surface area contributed by atoms with Gasteiger partial charge in [0.15, 0.2) is 11.5 Å². The van der Waals surface area contributed by atoms with Crippen LogP contribution in [0, 0.1) is 0 Å². The molecule has 0 saturated carbocycles. The summed E-state index contributed by atoms with van der Waals surface area (Å²) in [7, 11) is 1.60. The Kier molecular flexibility index (Phi) is 5.09. The quantitative estimate of drug-likeness (QED) is 0.881. The highest BCUT2D eigenvalue weighted by Gasteiger charge is 2.15. The van der Waals surface area contributed by atoms with E-state index in [4.69, 9.17) is 26.8 Å². The Labute approximate surface area is 108 Å². The Bertz CT molecular complexity index is 380. The summed E-state index contributed by atoms with van der Waals surface area (Å²) in [6.07, 6.45) is 0.0890. The third-order valence-corrected chi connectivity index (χ3v) is 2.86. The number of nitrogens with two attached hydrogens (primary N) is 1. The fraction of sp³-hybridized carbons (Fsp3) is 0.538. The van der Waals surface area contributed by atoms with E-state index >= 15 is 0 Å². The fourth-order valence-electron chi connectivity index (χ4n) is 1.56. The van der Waals surface area contributed by atoms with Crippen LogP contribution in [0.1, 0.15) is 32.3 Å². The molecule has 2 N–H and O–H groups in total. The Hall–Kier alpha value is -0.930. The highest BCUT2D eigenvalue weighted by molar-refractivity contribution is 6.31. The van der Waals surface area contributed by atoms with E-state index in [0.29, 0.717) is 23.1 Å². The van der Waals surface area contributed by atoms with Gasteiger partial charge in [0.1, 0.15) is 0 Å². The maximum Gasteiger partial charge on any atom is 0.162 e. The van der Waals surface area contributed by atoms with E-state index in [1.165, 1.54) is 0 Å². The second-order valence-electron chi connectivity index (χ2n) is 4.33. The largest absolute Gasteiger partial charge is 0.493 e. The molecule has 0 aromatic heterocycles. The van der Waals surface area contributed by atoms with Gasteiger partial charge in [0, 0.05) is 11.1 Å². The molecule has 0 bridgehead atoms. The summed E-state index contributed by atoms with van der Waals surface area (Å²) in [6.45, 7) is 6.53. The first kappa shape index (κ1) is 14.1. The van der Waals surface area contributed by atoms with Gasteiger partial charge in [-0.1, -0.05) is 18.5 Å². The van der Waals surface area contributed by atoms with Gasteiger partial charge in [0.05, 0.1) is 13.2 Å². The van der Waals surface area contributed by atoms with Crippen molar-refractivity contribution in [2.24, 2.45) is 5.73 Å². The van der Waals surface area contributed by atoms with Crippen LogP contribution in [0.15, 0.2) is 12.1 Å². The zero-order valence-corrected chi connectivity index (χ0v) is 11.5. The first-order chi connectivity index (χ1) is 7.99. The van der Waals surface area contributed by atoms with Crippen molar-refractivity contribution in [3.05, 3.63) is 22.7 Å². The molecule has 4 heteroatoms. The van der Waals surface area contributed by atoms with Crippen molar-refractivity contribution in [2.75, 3.05) is 13.7 Å². The number of halogens is 1. The molecule has 1 aromatic carbocycles. The molecular weight excluding hydrogens is 238 g/mol. The van der Waals surface area contributed by atoms with E-state index in [0.717, 1.165) is 5.56 Å². The number of rotatable bonds is 5. The van der Waals surface area contributed by atoms with Crippen LogP contribution < -0.4 is 15.2 Å². The minimum absolute atomic E-state index is 0.0890. The predicted octanol–water partition coefficient (Wildman–Crippen LogP) is 3.20. The van der Waals surface area contributed by atoms with E-state index < -0.39 is 0 Å². The van der Waals surface area contributed by atoms with Crippen molar-refractivity contribution < 1.29 is 9.47 Å². The molecule has 0 amide bonds. The predicted molar refractivity (Wildman–Crippen MR) is 71.2 cm³/mol. The van der Waals surface area contributed by atoms with Gasteiger partial charge in [-0.15, -0.1) is 0 Å². The van der Waals surface area contributed by atoms with Crippen LogP contribution in [0.25, 0.3) is 0 Å². The van der Waals surface area contributed by atoms with Crippen molar-refractivity contribution in [3.63, 3.8) is 0 Å². The molecular formula is C13H20ClNO2. The lowest BCUT2D eigenvalue weighted by atomic mass is 10.0. The van der Waals surface area contributed by atoms with Crippen LogP contribution in [0.4, 0.5) is 0 Å². The third-order valence-electron chi connectivity index (χ3n) is 2.53. The van der Waals surface area contributed by atoms with E-state index in [1.54, 1.807) is 13.2 Å². The first-order valence-corrected chi connectivity index (χ1v) is 6.11. The zero-order chi connectivity index (χ0) is 13.0. The summed E-state index contributed by atoms with van der Waals surface area (Å²) in [4.78, 5) is 0. The summed E-state index contributed by atoms with van der Waals surface area (Å²) < 4.78 is 11.0. The smallest absolute Gasteiger partial charge is 0.162 e. The van der Waals surface area contributed by atoms with Crippen LogP contribution in [0.5, 0.6) is 11.5 Å². The molecule has 96 valence electrons. The number of hydrogen-bond acceptors (Lipinski definition) is 3. The second-order valence-corrected chi connectivity index (χ2v) is 4.74. The lowest BCUT2D eigenvalue weighted by molar-refractivity contribution is 0.230. The second kappa shape index (κ2) is 6.12. The standard InChI is InChI=1S/C13H20ClNO2/c1-8(2)17-13-5-10(9(3)7-15)11(14)6-12(13)16-4/h5-6,8-9H,7,15H2,1-4H3. The minimum Gasteiger partial charge on any atom is -0.493 e. The Morgan fingerprint density at radius 1 is 1.24 bits per heavy atom. The summed E-state index contributed by atoms with van der Waals surface area (Å²) in [5, 5.41) is 0.663. The van der Waals surface area contributed by atoms with E-state index in [-0.39, 0.29) is 12.0 Å². The van der Waals surface area contributed by atoms with E-state index in [1.807, 2.05) is 26.8 Å². The van der Waals surface area contributed by atoms with Gasteiger partial charge in [-0.3, -0.25) is 0 Å². The van der Waals surface area contributed by atoms with Crippen molar-refractivity contribution in [3.8, 4) is 11.5 Å². The summed E-state index contributed by atoms with van der Waals surface area (Å²) in [6, 6.07) is 3.69. The Morgan fingerprint density at radius 3 is 2.35 bits per heavy atom. The van der Waals surface area contributed by atoms with E-state index in [2.05, 4.69) is 0 Å². The molecule has 0 saturated heterocycles. The lowest BCUT2D eigenvalue weighted by Gasteiger charge is -2.18. The summed E-state index contributed by atoms with van der Waals surface area (Å²) >= 11 is 6.20.